The molecule has 1 saturated heterocycles. The molecule has 0 aromatic carbocycles. The molecule has 1 aliphatic heterocycles. The van der Waals surface area contributed by atoms with Crippen LogP contribution in [-0.2, 0) is 9.47 Å². The first kappa shape index (κ1) is 14.0. The molecule has 1 unspecified atom stereocenters. The minimum Gasteiger partial charge on any atom is -0.352 e. The van der Waals surface area contributed by atoms with E-state index >= 15 is 0 Å². The second-order valence-electron chi connectivity index (χ2n) is 5.05. The highest BCUT2D eigenvalue weighted by atomic mass is 16.7. The van der Waals surface area contributed by atoms with Gasteiger partial charge in [-0.15, -0.1) is 0 Å². The van der Waals surface area contributed by atoms with Crippen LogP contribution >= 0.6 is 0 Å². The number of hydrogen-bond donors (Lipinski definition) is 0. The van der Waals surface area contributed by atoms with E-state index in [0.29, 0.717) is 12.0 Å². The molecule has 16 heavy (non-hydrogen) atoms. The summed E-state index contributed by atoms with van der Waals surface area (Å²) in [6, 6.07) is 0. The van der Waals surface area contributed by atoms with Crippen LogP contribution < -0.4 is 0 Å². The summed E-state index contributed by atoms with van der Waals surface area (Å²) in [4.78, 5) is 0. The number of rotatable bonds is 7. The van der Waals surface area contributed by atoms with E-state index in [1.165, 1.54) is 38.5 Å². The van der Waals surface area contributed by atoms with Crippen LogP contribution in [0.5, 0.6) is 0 Å². The van der Waals surface area contributed by atoms with E-state index in [0.717, 1.165) is 13.0 Å². The van der Waals surface area contributed by atoms with E-state index in [4.69, 9.17) is 9.47 Å². The lowest BCUT2D eigenvalue weighted by Gasteiger charge is -2.33. The highest BCUT2D eigenvalue weighted by Gasteiger charge is 2.26. The molecule has 1 rings (SSSR count). The third-order valence-corrected chi connectivity index (χ3v) is 3.39. The highest BCUT2D eigenvalue weighted by molar-refractivity contribution is 4.68. The van der Waals surface area contributed by atoms with Gasteiger partial charge in [-0.25, -0.2) is 0 Å². The second kappa shape index (κ2) is 8.08. The molecular formula is C14H28O2. The molecule has 0 radical (unpaired) electrons. The van der Waals surface area contributed by atoms with Gasteiger partial charge in [-0.3, -0.25) is 0 Å². The van der Waals surface area contributed by atoms with Crippen molar-refractivity contribution in [3.8, 4) is 0 Å². The minimum absolute atomic E-state index is 0.0559. The van der Waals surface area contributed by atoms with Crippen LogP contribution in [0.25, 0.3) is 0 Å². The minimum atomic E-state index is 0.0559. The molecule has 0 aliphatic carbocycles. The van der Waals surface area contributed by atoms with E-state index in [2.05, 4.69) is 20.8 Å². The summed E-state index contributed by atoms with van der Waals surface area (Å²) in [6.45, 7) is 7.59. The fraction of sp³-hybridized carbons (Fsp3) is 1.00. The molecule has 1 aliphatic rings. The Labute approximate surface area is 101 Å². The van der Waals surface area contributed by atoms with Crippen molar-refractivity contribution in [1.82, 2.24) is 0 Å². The Kier molecular flexibility index (Phi) is 7.06. The van der Waals surface area contributed by atoms with Crippen molar-refractivity contribution in [3.05, 3.63) is 0 Å². The van der Waals surface area contributed by atoms with Gasteiger partial charge in [0.25, 0.3) is 0 Å². The van der Waals surface area contributed by atoms with Crippen molar-refractivity contribution in [2.24, 2.45) is 5.92 Å². The third kappa shape index (κ3) is 4.84. The van der Waals surface area contributed by atoms with Gasteiger partial charge in [0.2, 0.25) is 0 Å². The van der Waals surface area contributed by atoms with E-state index in [9.17, 15) is 0 Å². The van der Waals surface area contributed by atoms with E-state index in [1.54, 1.807) is 0 Å². The quantitative estimate of drug-likeness (QED) is 0.610. The lowest BCUT2D eigenvalue weighted by Crippen LogP contribution is -2.36. The van der Waals surface area contributed by atoms with E-state index < -0.39 is 0 Å². The topological polar surface area (TPSA) is 18.5 Å². The largest absolute Gasteiger partial charge is 0.352 e. The van der Waals surface area contributed by atoms with Gasteiger partial charge in [0.15, 0.2) is 6.29 Å². The Hall–Kier alpha value is -0.0800. The Morgan fingerprint density at radius 2 is 2.00 bits per heavy atom. The average molecular weight is 228 g/mol. The molecule has 0 saturated carbocycles. The fourth-order valence-corrected chi connectivity index (χ4v) is 2.34. The summed E-state index contributed by atoms with van der Waals surface area (Å²) in [5.41, 5.74) is 0. The van der Waals surface area contributed by atoms with Gasteiger partial charge in [-0.2, -0.15) is 0 Å². The Morgan fingerprint density at radius 1 is 1.19 bits per heavy atom. The molecule has 96 valence electrons. The van der Waals surface area contributed by atoms with Gasteiger partial charge < -0.3 is 9.47 Å². The molecule has 0 spiro atoms. The summed E-state index contributed by atoms with van der Waals surface area (Å²) in [5, 5.41) is 0. The predicted molar refractivity (Wildman–Crippen MR) is 67.4 cm³/mol. The number of ether oxygens (including phenoxy) is 2. The lowest BCUT2D eigenvalue weighted by molar-refractivity contribution is -0.235. The molecule has 0 bridgehead atoms. The van der Waals surface area contributed by atoms with Crippen molar-refractivity contribution in [2.75, 3.05) is 6.61 Å². The fourth-order valence-electron chi connectivity index (χ4n) is 2.34. The smallest absolute Gasteiger partial charge is 0.160 e. The SMILES string of the molecule is CCCCC[C@@H]1CCO[C@@H](C(C)CCC)O1. The molecule has 1 heterocycles. The van der Waals surface area contributed by atoms with Crippen molar-refractivity contribution < 1.29 is 9.47 Å². The third-order valence-electron chi connectivity index (χ3n) is 3.39. The Bertz CT molecular complexity index is 170. The van der Waals surface area contributed by atoms with Crippen molar-refractivity contribution in [2.45, 2.75) is 78.1 Å². The van der Waals surface area contributed by atoms with E-state index in [-0.39, 0.29) is 6.29 Å². The Balaban J connectivity index is 2.23. The zero-order valence-corrected chi connectivity index (χ0v) is 11.2. The maximum absolute atomic E-state index is 6.03. The van der Waals surface area contributed by atoms with Crippen molar-refractivity contribution >= 4 is 0 Å². The average Bonchev–Trinajstić information content (AvgIpc) is 2.30. The van der Waals surface area contributed by atoms with Gasteiger partial charge in [0.1, 0.15) is 0 Å². The van der Waals surface area contributed by atoms with Crippen LogP contribution in [0.4, 0.5) is 0 Å². The van der Waals surface area contributed by atoms with Crippen LogP contribution in [0.1, 0.15) is 65.7 Å². The van der Waals surface area contributed by atoms with Crippen LogP contribution in [-0.4, -0.2) is 19.0 Å². The van der Waals surface area contributed by atoms with Gasteiger partial charge in [0, 0.05) is 5.92 Å². The monoisotopic (exact) mass is 228 g/mol. The Morgan fingerprint density at radius 3 is 2.69 bits per heavy atom. The van der Waals surface area contributed by atoms with Gasteiger partial charge in [0.05, 0.1) is 12.7 Å². The summed E-state index contributed by atoms with van der Waals surface area (Å²) in [5.74, 6) is 0.541. The molecule has 0 amide bonds. The first-order chi connectivity index (χ1) is 7.77. The van der Waals surface area contributed by atoms with Crippen molar-refractivity contribution in [3.63, 3.8) is 0 Å². The molecule has 2 heteroatoms. The zero-order chi connectivity index (χ0) is 11.8. The van der Waals surface area contributed by atoms with Crippen LogP contribution in [0.2, 0.25) is 0 Å². The van der Waals surface area contributed by atoms with Crippen LogP contribution in [0, 0.1) is 5.92 Å². The predicted octanol–water partition coefficient (Wildman–Crippen LogP) is 4.13. The molecule has 0 aromatic rings. The number of unbranched alkanes of at least 4 members (excludes halogenated alkanes) is 2. The second-order valence-corrected chi connectivity index (χ2v) is 5.05. The normalized spacial score (nSPS) is 27.9. The summed E-state index contributed by atoms with van der Waals surface area (Å²) in [7, 11) is 0. The van der Waals surface area contributed by atoms with Crippen LogP contribution in [0.15, 0.2) is 0 Å². The zero-order valence-electron chi connectivity index (χ0n) is 11.2. The molecular weight excluding hydrogens is 200 g/mol. The maximum Gasteiger partial charge on any atom is 0.160 e. The molecule has 3 atom stereocenters. The van der Waals surface area contributed by atoms with Crippen molar-refractivity contribution in [1.29, 1.82) is 0 Å². The molecule has 0 N–H and O–H groups in total. The van der Waals surface area contributed by atoms with Gasteiger partial charge in [-0.05, 0) is 19.3 Å². The lowest BCUT2D eigenvalue weighted by atomic mass is 10.0. The summed E-state index contributed by atoms with van der Waals surface area (Å²) < 4.78 is 11.7. The first-order valence-corrected chi connectivity index (χ1v) is 7.05. The number of hydrogen-bond acceptors (Lipinski definition) is 2. The highest BCUT2D eigenvalue weighted by Crippen LogP contribution is 2.24. The van der Waals surface area contributed by atoms with Gasteiger partial charge >= 0.3 is 0 Å². The maximum atomic E-state index is 6.03. The molecule has 2 nitrogen and oxygen atoms in total. The van der Waals surface area contributed by atoms with Gasteiger partial charge in [-0.1, -0.05) is 46.5 Å². The summed E-state index contributed by atoms with van der Waals surface area (Å²) >= 11 is 0. The standard InChI is InChI=1S/C14H28O2/c1-4-6-7-9-13-10-11-15-14(16-13)12(3)8-5-2/h12-14H,4-11H2,1-3H3/t12?,13-,14-/m1/s1. The summed E-state index contributed by atoms with van der Waals surface area (Å²) in [6.07, 6.45) is 9.14. The van der Waals surface area contributed by atoms with E-state index in [1.807, 2.05) is 0 Å². The molecule has 1 fully saturated rings. The first-order valence-electron chi connectivity index (χ1n) is 7.05. The van der Waals surface area contributed by atoms with Crippen LogP contribution in [0.3, 0.4) is 0 Å². The molecule has 0 aromatic heterocycles.